The molecule has 84 valence electrons. The SMILES string of the molecule is C(=C1CCCC1N1CCC1)c1ccccc1. The first kappa shape index (κ1) is 10.1. The number of hydrogen-bond donors (Lipinski definition) is 0. The summed E-state index contributed by atoms with van der Waals surface area (Å²) in [5, 5.41) is 0. The van der Waals surface area contributed by atoms with Crippen molar-refractivity contribution in [2.24, 2.45) is 0 Å². The number of benzene rings is 1. The molecule has 1 saturated carbocycles. The van der Waals surface area contributed by atoms with Gasteiger partial charge in [-0.25, -0.2) is 0 Å². The van der Waals surface area contributed by atoms with E-state index in [4.69, 9.17) is 0 Å². The van der Waals surface area contributed by atoms with E-state index in [1.165, 1.54) is 44.3 Å². The summed E-state index contributed by atoms with van der Waals surface area (Å²) >= 11 is 0. The summed E-state index contributed by atoms with van der Waals surface area (Å²) in [6.07, 6.45) is 7.86. The van der Waals surface area contributed by atoms with Crippen LogP contribution in [0.3, 0.4) is 0 Å². The Morgan fingerprint density at radius 1 is 1.06 bits per heavy atom. The minimum Gasteiger partial charge on any atom is -0.297 e. The molecule has 1 atom stereocenters. The van der Waals surface area contributed by atoms with Crippen molar-refractivity contribution in [3.63, 3.8) is 0 Å². The van der Waals surface area contributed by atoms with Crippen molar-refractivity contribution in [2.45, 2.75) is 31.7 Å². The first-order valence-corrected chi connectivity index (χ1v) is 6.43. The maximum Gasteiger partial charge on any atom is 0.0310 e. The fourth-order valence-corrected chi connectivity index (χ4v) is 2.85. The number of hydrogen-bond acceptors (Lipinski definition) is 1. The third-order valence-electron chi connectivity index (χ3n) is 3.85. The molecule has 1 aliphatic heterocycles. The smallest absolute Gasteiger partial charge is 0.0310 e. The van der Waals surface area contributed by atoms with Crippen molar-refractivity contribution in [1.29, 1.82) is 0 Å². The largest absolute Gasteiger partial charge is 0.297 e. The van der Waals surface area contributed by atoms with Gasteiger partial charge in [0.1, 0.15) is 0 Å². The van der Waals surface area contributed by atoms with Gasteiger partial charge in [-0.3, -0.25) is 4.90 Å². The fourth-order valence-electron chi connectivity index (χ4n) is 2.85. The highest BCUT2D eigenvalue weighted by Gasteiger charge is 2.29. The van der Waals surface area contributed by atoms with Crippen molar-refractivity contribution < 1.29 is 0 Å². The Hall–Kier alpha value is -1.08. The van der Waals surface area contributed by atoms with Crippen LogP contribution in [0.1, 0.15) is 31.2 Å². The number of likely N-dealkylation sites (tertiary alicyclic amines) is 1. The lowest BCUT2D eigenvalue weighted by molar-refractivity contribution is 0.141. The van der Waals surface area contributed by atoms with Gasteiger partial charge in [0.2, 0.25) is 0 Å². The Kier molecular flexibility index (Phi) is 2.79. The van der Waals surface area contributed by atoms with Crippen LogP contribution in [0.15, 0.2) is 35.9 Å². The zero-order valence-corrected chi connectivity index (χ0v) is 9.73. The van der Waals surface area contributed by atoms with Crippen molar-refractivity contribution in [2.75, 3.05) is 13.1 Å². The Balaban J connectivity index is 1.80. The third-order valence-corrected chi connectivity index (χ3v) is 3.85. The van der Waals surface area contributed by atoms with E-state index in [1.54, 1.807) is 5.57 Å². The minimum absolute atomic E-state index is 0.758. The molecular formula is C15H19N. The van der Waals surface area contributed by atoms with E-state index in [0.29, 0.717) is 0 Å². The van der Waals surface area contributed by atoms with Crippen molar-refractivity contribution in [3.05, 3.63) is 41.5 Å². The summed E-state index contributed by atoms with van der Waals surface area (Å²) < 4.78 is 0. The van der Waals surface area contributed by atoms with E-state index < -0.39 is 0 Å². The average Bonchev–Trinajstić information content (AvgIpc) is 2.66. The molecule has 1 heterocycles. The topological polar surface area (TPSA) is 3.24 Å². The molecular weight excluding hydrogens is 194 g/mol. The monoisotopic (exact) mass is 213 g/mol. The van der Waals surface area contributed by atoms with Crippen LogP contribution in [-0.2, 0) is 0 Å². The lowest BCUT2D eigenvalue weighted by Crippen LogP contribution is -2.44. The summed E-state index contributed by atoms with van der Waals surface area (Å²) in [5.74, 6) is 0. The first-order valence-electron chi connectivity index (χ1n) is 6.43. The number of rotatable bonds is 2. The molecule has 0 radical (unpaired) electrons. The molecule has 1 aromatic rings. The molecule has 1 unspecified atom stereocenters. The molecule has 1 heteroatoms. The molecule has 2 aliphatic rings. The Morgan fingerprint density at radius 2 is 1.88 bits per heavy atom. The van der Waals surface area contributed by atoms with E-state index in [-0.39, 0.29) is 0 Å². The summed E-state index contributed by atoms with van der Waals surface area (Å²) in [4.78, 5) is 2.64. The molecule has 0 N–H and O–H groups in total. The van der Waals surface area contributed by atoms with E-state index in [0.717, 1.165) is 6.04 Å². The average molecular weight is 213 g/mol. The zero-order valence-electron chi connectivity index (χ0n) is 9.73. The van der Waals surface area contributed by atoms with Gasteiger partial charge in [-0.05, 0) is 44.3 Å². The maximum atomic E-state index is 2.64. The number of nitrogens with zero attached hydrogens (tertiary/aromatic N) is 1. The van der Waals surface area contributed by atoms with Crippen LogP contribution < -0.4 is 0 Å². The van der Waals surface area contributed by atoms with Gasteiger partial charge in [0.15, 0.2) is 0 Å². The predicted molar refractivity (Wildman–Crippen MR) is 68.2 cm³/mol. The second-order valence-corrected chi connectivity index (χ2v) is 4.93. The Bertz CT molecular complexity index is 376. The molecule has 3 rings (SSSR count). The molecule has 0 spiro atoms. The second kappa shape index (κ2) is 4.42. The van der Waals surface area contributed by atoms with Crippen LogP contribution in [0.5, 0.6) is 0 Å². The third kappa shape index (κ3) is 1.92. The summed E-state index contributed by atoms with van der Waals surface area (Å²) in [5.41, 5.74) is 3.02. The van der Waals surface area contributed by atoms with Crippen molar-refractivity contribution >= 4 is 6.08 Å². The lowest BCUT2D eigenvalue weighted by atomic mass is 10.0. The highest BCUT2D eigenvalue weighted by molar-refractivity contribution is 5.54. The van der Waals surface area contributed by atoms with Gasteiger partial charge in [0.05, 0.1) is 0 Å². The van der Waals surface area contributed by atoms with Crippen LogP contribution in [0, 0.1) is 0 Å². The lowest BCUT2D eigenvalue weighted by Gasteiger charge is -2.37. The van der Waals surface area contributed by atoms with Gasteiger partial charge in [0, 0.05) is 6.04 Å². The van der Waals surface area contributed by atoms with Gasteiger partial charge in [-0.2, -0.15) is 0 Å². The molecule has 2 fully saturated rings. The van der Waals surface area contributed by atoms with Gasteiger partial charge < -0.3 is 0 Å². The minimum atomic E-state index is 0.758. The van der Waals surface area contributed by atoms with Crippen LogP contribution in [-0.4, -0.2) is 24.0 Å². The Morgan fingerprint density at radius 3 is 2.56 bits per heavy atom. The molecule has 1 nitrogen and oxygen atoms in total. The van der Waals surface area contributed by atoms with E-state index in [9.17, 15) is 0 Å². The van der Waals surface area contributed by atoms with Gasteiger partial charge in [0.25, 0.3) is 0 Å². The molecule has 1 aromatic carbocycles. The summed E-state index contributed by atoms with van der Waals surface area (Å²) in [7, 11) is 0. The maximum absolute atomic E-state index is 2.64. The summed E-state index contributed by atoms with van der Waals surface area (Å²) in [6, 6.07) is 11.5. The van der Waals surface area contributed by atoms with E-state index in [1.807, 2.05) is 0 Å². The van der Waals surface area contributed by atoms with Gasteiger partial charge >= 0.3 is 0 Å². The van der Waals surface area contributed by atoms with Crippen molar-refractivity contribution in [3.8, 4) is 0 Å². The molecule has 1 saturated heterocycles. The normalized spacial score (nSPS) is 28.2. The van der Waals surface area contributed by atoms with Gasteiger partial charge in [-0.1, -0.05) is 42.0 Å². The predicted octanol–water partition coefficient (Wildman–Crippen LogP) is 3.33. The van der Waals surface area contributed by atoms with E-state index >= 15 is 0 Å². The van der Waals surface area contributed by atoms with Crippen LogP contribution in [0.2, 0.25) is 0 Å². The molecule has 0 aromatic heterocycles. The first-order chi connectivity index (χ1) is 7.93. The highest BCUT2D eigenvalue weighted by Crippen LogP contribution is 2.33. The fraction of sp³-hybridized carbons (Fsp3) is 0.467. The molecule has 16 heavy (non-hydrogen) atoms. The van der Waals surface area contributed by atoms with Crippen LogP contribution in [0.4, 0.5) is 0 Å². The molecule has 1 aliphatic carbocycles. The van der Waals surface area contributed by atoms with Crippen molar-refractivity contribution in [1.82, 2.24) is 4.90 Å². The van der Waals surface area contributed by atoms with Crippen LogP contribution >= 0.6 is 0 Å². The summed E-state index contributed by atoms with van der Waals surface area (Å²) in [6.45, 7) is 2.63. The quantitative estimate of drug-likeness (QED) is 0.728. The standard InChI is InChI=1S/C15H19N/c1-2-6-13(7-3-1)12-14-8-4-9-15(14)16-10-5-11-16/h1-3,6-7,12,15H,4-5,8-11H2. The Labute approximate surface area is 97.8 Å². The molecule has 0 bridgehead atoms. The van der Waals surface area contributed by atoms with Crippen LogP contribution in [0.25, 0.3) is 6.08 Å². The second-order valence-electron chi connectivity index (χ2n) is 4.93. The molecule has 0 amide bonds. The zero-order chi connectivity index (χ0) is 10.8. The van der Waals surface area contributed by atoms with Gasteiger partial charge in [-0.15, -0.1) is 0 Å². The highest BCUT2D eigenvalue weighted by atomic mass is 15.2. The van der Waals surface area contributed by atoms with E-state index in [2.05, 4.69) is 41.3 Å².